The molecule has 1 fully saturated rings. The lowest BCUT2D eigenvalue weighted by atomic mass is 10.2. The van der Waals surface area contributed by atoms with Gasteiger partial charge in [0.15, 0.2) is 0 Å². The summed E-state index contributed by atoms with van der Waals surface area (Å²) in [4.78, 5) is 0. The lowest BCUT2D eigenvalue weighted by molar-refractivity contribution is 0.481. The molecule has 110 valence electrons. The Bertz CT molecular complexity index is 549. The van der Waals surface area contributed by atoms with E-state index in [1.807, 2.05) is 36.4 Å². The number of benzene rings is 2. The maximum Gasteiger partial charge on any atom is 0.127 e. The zero-order valence-electron chi connectivity index (χ0n) is 12.4. The lowest BCUT2D eigenvalue weighted by Crippen LogP contribution is -2.14. The second-order valence-electron chi connectivity index (χ2n) is 5.82. The van der Waals surface area contributed by atoms with Gasteiger partial charge in [0.05, 0.1) is 0 Å². The molecule has 0 saturated heterocycles. The van der Waals surface area contributed by atoms with Crippen LogP contribution in [-0.4, -0.2) is 6.54 Å². The SMILES string of the molecule is c1ccc(Oc2cccc(CNCCCC3CC3)c2)cc1. The molecule has 1 aliphatic rings. The lowest BCUT2D eigenvalue weighted by Gasteiger charge is -2.08. The van der Waals surface area contributed by atoms with Crippen LogP contribution in [0.25, 0.3) is 0 Å². The van der Waals surface area contributed by atoms with Crippen molar-refractivity contribution >= 4 is 0 Å². The van der Waals surface area contributed by atoms with Crippen molar-refractivity contribution in [2.45, 2.75) is 32.2 Å². The summed E-state index contributed by atoms with van der Waals surface area (Å²) in [7, 11) is 0. The number of hydrogen-bond donors (Lipinski definition) is 1. The van der Waals surface area contributed by atoms with Gasteiger partial charge in [0.25, 0.3) is 0 Å². The smallest absolute Gasteiger partial charge is 0.127 e. The first-order valence-electron chi connectivity index (χ1n) is 7.93. The topological polar surface area (TPSA) is 21.3 Å². The predicted molar refractivity (Wildman–Crippen MR) is 86.6 cm³/mol. The Morgan fingerprint density at radius 2 is 1.76 bits per heavy atom. The van der Waals surface area contributed by atoms with Crippen LogP contribution in [0, 0.1) is 5.92 Å². The van der Waals surface area contributed by atoms with Crippen LogP contribution < -0.4 is 10.1 Å². The van der Waals surface area contributed by atoms with Gasteiger partial charge in [-0.25, -0.2) is 0 Å². The van der Waals surface area contributed by atoms with Crippen molar-refractivity contribution in [1.29, 1.82) is 0 Å². The molecule has 21 heavy (non-hydrogen) atoms. The van der Waals surface area contributed by atoms with Crippen molar-refractivity contribution in [3.8, 4) is 11.5 Å². The molecule has 0 amide bonds. The van der Waals surface area contributed by atoms with Crippen molar-refractivity contribution < 1.29 is 4.74 Å². The van der Waals surface area contributed by atoms with Crippen LogP contribution in [0.2, 0.25) is 0 Å². The first-order valence-corrected chi connectivity index (χ1v) is 7.93. The van der Waals surface area contributed by atoms with Gasteiger partial charge in [0, 0.05) is 6.54 Å². The van der Waals surface area contributed by atoms with Crippen molar-refractivity contribution in [3.63, 3.8) is 0 Å². The molecule has 0 unspecified atom stereocenters. The highest BCUT2D eigenvalue weighted by molar-refractivity contribution is 5.33. The highest BCUT2D eigenvalue weighted by Gasteiger charge is 2.19. The summed E-state index contributed by atoms with van der Waals surface area (Å²) in [6.45, 7) is 2.02. The number of ether oxygens (including phenoxy) is 1. The Balaban J connectivity index is 1.46. The molecule has 1 saturated carbocycles. The zero-order chi connectivity index (χ0) is 14.3. The van der Waals surface area contributed by atoms with Crippen LogP contribution in [-0.2, 0) is 6.54 Å². The Kier molecular flexibility index (Phi) is 4.90. The summed E-state index contributed by atoms with van der Waals surface area (Å²) in [5.74, 6) is 2.82. The molecule has 0 heterocycles. The van der Waals surface area contributed by atoms with Crippen molar-refractivity contribution in [2.75, 3.05) is 6.54 Å². The van der Waals surface area contributed by atoms with Crippen LogP contribution in [0.4, 0.5) is 0 Å². The second-order valence-corrected chi connectivity index (χ2v) is 5.82. The van der Waals surface area contributed by atoms with Crippen molar-refractivity contribution in [3.05, 3.63) is 60.2 Å². The fraction of sp³-hybridized carbons (Fsp3) is 0.368. The Labute approximate surface area is 127 Å². The van der Waals surface area contributed by atoms with E-state index in [1.165, 1.54) is 31.2 Å². The summed E-state index contributed by atoms with van der Waals surface area (Å²) < 4.78 is 5.86. The summed E-state index contributed by atoms with van der Waals surface area (Å²) in [6, 6.07) is 18.2. The third-order valence-electron chi connectivity index (χ3n) is 3.87. The third-order valence-corrected chi connectivity index (χ3v) is 3.87. The fourth-order valence-electron chi connectivity index (χ4n) is 2.50. The molecular formula is C19H23NO. The minimum absolute atomic E-state index is 0.882. The molecule has 3 rings (SSSR count). The number of rotatable bonds is 8. The van der Waals surface area contributed by atoms with E-state index in [4.69, 9.17) is 4.74 Å². The Hall–Kier alpha value is -1.80. The van der Waals surface area contributed by atoms with Gasteiger partial charge < -0.3 is 10.1 Å². The van der Waals surface area contributed by atoms with E-state index >= 15 is 0 Å². The third kappa shape index (κ3) is 4.91. The highest BCUT2D eigenvalue weighted by atomic mass is 16.5. The van der Waals surface area contributed by atoms with Crippen molar-refractivity contribution in [1.82, 2.24) is 5.32 Å². The largest absolute Gasteiger partial charge is 0.457 e. The van der Waals surface area contributed by atoms with E-state index in [2.05, 4.69) is 23.5 Å². The van der Waals surface area contributed by atoms with Gasteiger partial charge in [-0.3, -0.25) is 0 Å². The Morgan fingerprint density at radius 1 is 0.952 bits per heavy atom. The van der Waals surface area contributed by atoms with Gasteiger partial charge in [-0.1, -0.05) is 43.2 Å². The fourth-order valence-corrected chi connectivity index (χ4v) is 2.50. The van der Waals surface area contributed by atoms with Gasteiger partial charge in [-0.05, 0) is 55.1 Å². The standard InChI is InChI=1S/C19H23NO/c1-2-8-18(9-3-1)21-19-10-4-6-17(14-19)15-20-13-5-7-16-11-12-16/h1-4,6,8-10,14,16,20H,5,7,11-13,15H2. The number of nitrogens with one attached hydrogen (secondary N) is 1. The molecule has 0 aliphatic heterocycles. The number of hydrogen-bond acceptors (Lipinski definition) is 2. The van der Waals surface area contributed by atoms with Crippen LogP contribution in [0.15, 0.2) is 54.6 Å². The normalized spacial score (nSPS) is 14.1. The average Bonchev–Trinajstić information content (AvgIpc) is 3.33. The van der Waals surface area contributed by atoms with Crippen LogP contribution >= 0.6 is 0 Å². The molecule has 2 heteroatoms. The Morgan fingerprint density at radius 3 is 2.57 bits per heavy atom. The highest BCUT2D eigenvalue weighted by Crippen LogP contribution is 2.33. The average molecular weight is 281 g/mol. The van der Waals surface area contributed by atoms with Crippen LogP contribution in [0.1, 0.15) is 31.2 Å². The molecule has 2 nitrogen and oxygen atoms in total. The summed E-state index contributed by atoms with van der Waals surface area (Å²) in [6.07, 6.45) is 5.60. The van der Waals surface area contributed by atoms with E-state index in [9.17, 15) is 0 Å². The van der Waals surface area contributed by atoms with Crippen LogP contribution in [0.5, 0.6) is 11.5 Å². The molecule has 2 aromatic rings. The van der Waals surface area contributed by atoms with Gasteiger partial charge in [0.2, 0.25) is 0 Å². The van der Waals surface area contributed by atoms with E-state index < -0.39 is 0 Å². The van der Waals surface area contributed by atoms with E-state index in [1.54, 1.807) is 0 Å². The zero-order valence-corrected chi connectivity index (χ0v) is 12.4. The van der Waals surface area contributed by atoms with E-state index in [0.29, 0.717) is 0 Å². The van der Waals surface area contributed by atoms with Gasteiger partial charge in [0.1, 0.15) is 11.5 Å². The molecule has 0 aromatic heterocycles. The molecule has 1 N–H and O–H groups in total. The molecule has 0 atom stereocenters. The summed E-state index contributed by atoms with van der Waals surface area (Å²) in [5.41, 5.74) is 1.27. The second kappa shape index (κ2) is 7.28. The quantitative estimate of drug-likeness (QED) is 0.704. The molecular weight excluding hydrogens is 258 g/mol. The minimum atomic E-state index is 0.882. The maximum absolute atomic E-state index is 5.86. The van der Waals surface area contributed by atoms with Gasteiger partial charge >= 0.3 is 0 Å². The monoisotopic (exact) mass is 281 g/mol. The molecule has 1 aliphatic carbocycles. The summed E-state index contributed by atoms with van der Waals surface area (Å²) >= 11 is 0. The molecule has 0 spiro atoms. The van der Waals surface area contributed by atoms with Gasteiger partial charge in [-0.2, -0.15) is 0 Å². The number of para-hydroxylation sites is 1. The first kappa shape index (κ1) is 14.2. The summed E-state index contributed by atoms with van der Waals surface area (Å²) in [5, 5.41) is 3.52. The van der Waals surface area contributed by atoms with Crippen molar-refractivity contribution in [2.24, 2.45) is 5.92 Å². The molecule has 2 aromatic carbocycles. The molecule has 0 bridgehead atoms. The molecule has 0 radical (unpaired) electrons. The van der Waals surface area contributed by atoms with Gasteiger partial charge in [-0.15, -0.1) is 0 Å². The van der Waals surface area contributed by atoms with Crippen LogP contribution in [0.3, 0.4) is 0 Å². The maximum atomic E-state index is 5.86. The first-order chi connectivity index (χ1) is 10.4. The predicted octanol–water partition coefficient (Wildman–Crippen LogP) is 4.76. The van der Waals surface area contributed by atoms with E-state index in [-0.39, 0.29) is 0 Å². The van der Waals surface area contributed by atoms with E-state index in [0.717, 1.165) is 30.5 Å². The minimum Gasteiger partial charge on any atom is -0.457 e.